The molecule has 0 spiro atoms. The van der Waals surface area contributed by atoms with E-state index in [4.69, 9.17) is 5.10 Å². The highest BCUT2D eigenvalue weighted by Crippen LogP contribution is 2.15. The average Bonchev–Trinajstić information content (AvgIpc) is 3.03. The average molecular weight is 398 g/mol. The normalized spacial score (nSPS) is 13.0. The highest BCUT2D eigenvalue weighted by atomic mass is 15.3. The van der Waals surface area contributed by atoms with Crippen LogP contribution in [0.1, 0.15) is 45.9 Å². The highest BCUT2D eigenvalue weighted by molar-refractivity contribution is 5.69. The van der Waals surface area contributed by atoms with Crippen molar-refractivity contribution in [2.45, 2.75) is 34.6 Å². The molecule has 2 rings (SSSR count). The van der Waals surface area contributed by atoms with Crippen LogP contribution in [0, 0.1) is 0 Å². The van der Waals surface area contributed by atoms with Gasteiger partial charge in [-0.3, -0.25) is 4.99 Å². The third kappa shape index (κ3) is 5.54. The summed E-state index contributed by atoms with van der Waals surface area (Å²) < 4.78 is 1.85. The van der Waals surface area contributed by atoms with Gasteiger partial charge in [-0.05, 0) is 71.2 Å². The van der Waals surface area contributed by atoms with Gasteiger partial charge < -0.3 is 0 Å². The van der Waals surface area contributed by atoms with Crippen LogP contribution in [0.15, 0.2) is 77.4 Å². The second kappa shape index (κ2) is 10.4. The molecule has 0 aliphatic carbocycles. The van der Waals surface area contributed by atoms with Crippen LogP contribution in [0.2, 0.25) is 0 Å². The summed E-state index contributed by atoms with van der Waals surface area (Å²) in [6.45, 7) is 22.3. The molecular formula is C27H31N3. The number of aromatic nitrogens is 2. The van der Waals surface area contributed by atoms with Crippen LogP contribution in [0.4, 0.5) is 0 Å². The number of benzene rings is 1. The lowest BCUT2D eigenvalue weighted by Crippen LogP contribution is -2.28. The maximum atomic E-state index is 4.85. The third-order valence-electron chi connectivity index (χ3n) is 4.54. The molecule has 1 aromatic carbocycles. The van der Waals surface area contributed by atoms with Gasteiger partial charge in [0.15, 0.2) is 0 Å². The lowest BCUT2D eigenvalue weighted by molar-refractivity contribution is 0.848. The molecule has 0 unspecified atom stereocenters. The topological polar surface area (TPSA) is 30.2 Å². The number of allylic oxidation sites excluding steroid dienone is 8. The van der Waals surface area contributed by atoms with Gasteiger partial charge in [-0.1, -0.05) is 66.3 Å². The molecular weight excluding hydrogens is 366 g/mol. The first-order chi connectivity index (χ1) is 14.3. The van der Waals surface area contributed by atoms with E-state index >= 15 is 0 Å². The molecule has 0 aliphatic rings. The van der Waals surface area contributed by atoms with E-state index in [-0.39, 0.29) is 0 Å². The maximum Gasteiger partial charge on any atom is 0.119 e. The second-order valence-electron chi connectivity index (χ2n) is 7.48. The molecule has 0 bridgehead atoms. The van der Waals surface area contributed by atoms with Gasteiger partial charge >= 0.3 is 0 Å². The minimum absolute atomic E-state index is 0.705. The Labute approximate surface area is 180 Å². The van der Waals surface area contributed by atoms with Crippen LogP contribution in [-0.4, -0.2) is 16.5 Å². The molecule has 154 valence electrons. The van der Waals surface area contributed by atoms with Gasteiger partial charge in [0.25, 0.3) is 0 Å². The van der Waals surface area contributed by atoms with Crippen molar-refractivity contribution in [1.29, 1.82) is 0 Å². The monoisotopic (exact) mass is 397 g/mol. The Morgan fingerprint density at radius 2 is 1.70 bits per heavy atom. The number of hydrogen-bond acceptors (Lipinski definition) is 2. The van der Waals surface area contributed by atoms with Crippen LogP contribution in [0.5, 0.6) is 0 Å². The summed E-state index contributed by atoms with van der Waals surface area (Å²) in [5.41, 5.74) is 6.87. The predicted octanol–water partition coefficient (Wildman–Crippen LogP) is 5.63. The second-order valence-corrected chi connectivity index (χ2v) is 7.48. The van der Waals surface area contributed by atoms with E-state index in [9.17, 15) is 0 Å². The van der Waals surface area contributed by atoms with Crippen molar-refractivity contribution >= 4 is 30.6 Å². The van der Waals surface area contributed by atoms with Crippen LogP contribution >= 0.6 is 0 Å². The lowest BCUT2D eigenvalue weighted by atomic mass is 10.1. The summed E-state index contributed by atoms with van der Waals surface area (Å²) >= 11 is 0. The number of nitrogens with zero attached hydrogens (tertiary/aromatic N) is 3. The Morgan fingerprint density at radius 1 is 1.03 bits per heavy atom. The fourth-order valence-electron chi connectivity index (χ4n) is 2.87. The third-order valence-corrected chi connectivity index (χ3v) is 4.54. The molecule has 0 saturated heterocycles. The summed E-state index contributed by atoms with van der Waals surface area (Å²) in [7, 11) is 0. The van der Waals surface area contributed by atoms with Gasteiger partial charge in [0.1, 0.15) is 5.69 Å². The van der Waals surface area contributed by atoms with Crippen molar-refractivity contribution < 1.29 is 0 Å². The van der Waals surface area contributed by atoms with Gasteiger partial charge in [0.2, 0.25) is 0 Å². The van der Waals surface area contributed by atoms with Crippen LogP contribution in [0.3, 0.4) is 0 Å². The maximum absolute atomic E-state index is 4.85. The molecule has 0 aliphatic heterocycles. The smallest absolute Gasteiger partial charge is 0.119 e. The molecule has 0 N–H and O–H groups in total. The Bertz CT molecular complexity index is 1160. The molecule has 0 radical (unpaired) electrons. The van der Waals surface area contributed by atoms with E-state index in [2.05, 4.69) is 63.9 Å². The summed E-state index contributed by atoms with van der Waals surface area (Å²) in [5, 5.41) is 6.58. The molecule has 1 aromatic heterocycles. The van der Waals surface area contributed by atoms with Gasteiger partial charge in [-0.2, -0.15) is 5.10 Å². The minimum Gasteiger partial charge on any atom is -0.262 e. The zero-order valence-electron chi connectivity index (χ0n) is 18.7. The van der Waals surface area contributed by atoms with E-state index in [1.54, 1.807) is 0 Å². The SMILES string of the molecule is C=N/C(=C\C=C/C)c1nn(-c2ccc(C(=C)C)cc2)c(=C)/c1=C\C(C)=C\C=C(C)C. The van der Waals surface area contributed by atoms with Crippen molar-refractivity contribution in [2.75, 3.05) is 0 Å². The zero-order valence-corrected chi connectivity index (χ0v) is 18.7. The van der Waals surface area contributed by atoms with Crippen LogP contribution in [0.25, 0.3) is 29.6 Å². The van der Waals surface area contributed by atoms with E-state index in [1.165, 1.54) is 5.57 Å². The number of aliphatic imine (C=N–C) groups is 1. The van der Waals surface area contributed by atoms with Gasteiger partial charge in [-0.15, -0.1) is 0 Å². The molecule has 0 saturated carbocycles. The van der Waals surface area contributed by atoms with Crippen molar-refractivity contribution in [3.63, 3.8) is 0 Å². The summed E-state index contributed by atoms with van der Waals surface area (Å²) in [4.78, 5) is 4.22. The van der Waals surface area contributed by atoms with Gasteiger partial charge in [0, 0.05) is 5.22 Å². The number of hydrogen-bond donors (Lipinski definition) is 0. The van der Waals surface area contributed by atoms with Crippen molar-refractivity contribution in [3.05, 3.63) is 94.2 Å². The van der Waals surface area contributed by atoms with Crippen molar-refractivity contribution in [2.24, 2.45) is 4.99 Å². The number of rotatable bonds is 7. The summed E-state index contributed by atoms with van der Waals surface area (Å²) in [6.07, 6.45) is 12.1. The molecule has 3 nitrogen and oxygen atoms in total. The molecule has 2 aromatic rings. The van der Waals surface area contributed by atoms with Crippen LogP contribution in [-0.2, 0) is 0 Å². The lowest BCUT2D eigenvalue weighted by Gasteiger charge is -2.04. The van der Waals surface area contributed by atoms with Crippen molar-refractivity contribution in [3.8, 4) is 5.69 Å². The first-order valence-corrected chi connectivity index (χ1v) is 9.96. The summed E-state index contributed by atoms with van der Waals surface area (Å²) in [5.74, 6) is 0. The molecule has 3 heteroatoms. The van der Waals surface area contributed by atoms with E-state index in [0.717, 1.165) is 38.7 Å². The Balaban J connectivity index is 2.77. The molecule has 30 heavy (non-hydrogen) atoms. The molecule has 1 heterocycles. The fourth-order valence-corrected chi connectivity index (χ4v) is 2.87. The van der Waals surface area contributed by atoms with Gasteiger partial charge in [0.05, 0.1) is 16.7 Å². The minimum atomic E-state index is 0.705. The quantitative estimate of drug-likeness (QED) is 0.440. The Hall–Kier alpha value is -3.46. The van der Waals surface area contributed by atoms with E-state index < -0.39 is 0 Å². The molecule has 0 atom stereocenters. The van der Waals surface area contributed by atoms with E-state index in [0.29, 0.717) is 5.70 Å². The van der Waals surface area contributed by atoms with E-state index in [1.807, 2.05) is 61.0 Å². The Kier molecular flexibility index (Phi) is 7.88. The molecule has 0 amide bonds. The largest absolute Gasteiger partial charge is 0.262 e. The predicted molar refractivity (Wildman–Crippen MR) is 133 cm³/mol. The zero-order chi connectivity index (χ0) is 22.3. The Morgan fingerprint density at radius 3 is 2.23 bits per heavy atom. The first-order valence-electron chi connectivity index (χ1n) is 9.96. The van der Waals surface area contributed by atoms with Crippen LogP contribution < -0.4 is 10.6 Å². The summed E-state index contributed by atoms with van der Waals surface area (Å²) in [6, 6.07) is 8.15. The fraction of sp³-hybridized carbons (Fsp3) is 0.185. The first kappa shape index (κ1) is 22.8. The van der Waals surface area contributed by atoms with Gasteiger partial charge in [-0.25, -0.2) is 4.68 Å². The molecule has 0 fully saturated rings. The standard InChI is InChI=1S/C27H31N3/c1-9-10-11-26(28-8)27-25(18-21(6)13-12-19(2)3)22(7)30(29-27)24-16-14-23(15-17-24)20(4)5/h9-18H,4,7-8H2,1-3,5-6H3/b10-9-,21-13+,25-18+,26-11-. The highest BCUT2D eigenvalue weighted by Gasteiger charge is 2.11. The van der Waals surface area contributed by atoms with Crippen molar-refractivity contribution in [1.82, 2.24) is 9.78 Å².